The number of amides is 1. The minimum atomic E-state index is -0.837. The third kappa shape index (κ3) is 3.54. The zero-order chi connectivity index (χ0) is 15.6. The number of rotatable bonds is 3. The van der Waals surface area contributed by atoms with Crippen LogP contribution in [0.1, 0.15) is 22.8 Å². The Morgan fingerprint density at radius 3 is 2.38 bits per heavy atom. The standard InChI is InChI=1S/C15H19ClN2O3/c1-10-3-4-12(13(16)9-10)14(19)18-7-5-17(6-8-18)11(2)15(20)21/h3-4,9,11H,5-8H2,1-2H3,(H,20,21). The molecule has 1 amide bonds. The highest BCUT2D eigenvalue weighted by Gasteiger charge is 2.28. The molecule has 0 radical (unpaired) electrons. The Kier molecular flexibility index (Phi) is 4.85. The summed E-state index contributed by atoms with van der Waals surface area (Å²) in [6.07, 6.45) is 0. The Labute approximate surface area is 129 Å². The van der Waals surface area contributed by atoms with Crippen LogP contribution in [0, 0.1) is 6.92 Å². The number of hydrogen-bond acceptors (Lipinski definition) is 3. The van der Waals surface area contributed by atoms with E-state index in [1.165, 1.54) is 0 Å². The van der Waals surface area contributed by atoms with Crippen molar-refractivity contribution in [3.63, 3.8) is 0 Å². The summed E-state index contributed by atoms with van der Waals surface area (Å²) >= 11 is 6.13. The van der Waals surface area contributed by atoms with Crippen LogP contribution in [0.15, 0.2) is 18.2 Å². The summed E-state index contributed by atoms with van der Waals surface area (Å²) in [6, 6.07) is 4.86. The zero-order valence-corrected chi connectivity index (χ0v) is 12.9. The lowest BCUT2D eigenvalue weighted by Crippen LogP contribution is -2.53. The largest absolute Gasteiger partial charge is 0.480 e. The first-order valence-electron chi connectivity index (χ1n) is 6.92. The molecule has 1 saturated heterocycles. The molecule has 0 bridgehead atoms. The van der Waals surface area contributed by atoms with E-state index < -0.39 is 12.0 Å². The molecule has 1 heterocycles. The molecule has 114 valence electrons. The van der Waals surface area contributed by atoms with Gasteiger partial charge in [-0.15, -0.1) is 0 Å². The number of aliphatic carboxylic acids is 1. The Morgan fingerprint density at radius 1 is 1.24 bits per heavy atom. The number of aryl methyl sites for hydroxylation is 1. The first kappa shape index (κ1) is 15.8. The molecule has 1 N–H and O–H groups in total. The molecular formula is C15H19ClN2O3. The van der Waals surface area contributed by atoms with Gasteiger partial charge in [0.1, 0.15) is 6.04 Å². The van der Waals surface area contributed by atoms with Gasteiger partial charge in [-0.2, -0.15) is 0 Å². The Morgan fingerprint density at radius 2 is 1.86 bits per heavy atom. The minimum Gasteiger partial charge on any atom is -0.480 e. The second kappa shape index (κ2) is 6.45. The lowest BCUT2D eigenvalue weighted by molar-refractivity contribution is -0.143. The Balaban J connectivity index is 2.02. The van der Waals surface area contributed by atoms with Crippen LogP contribution in [0.3, 0.4) is 0 Å². The van der Waals surface area contributed by atoms with Gasteiger partial charge in [0.25, 0.3) is 5.91 Å². The molecule has 1 aromatic rings. The number of nitrogens with zero attached hydrogens (tertiary/aromatic N) is 2. The highest BCUT2D eigenvalue weighted by atomic mass is 35.5. The fourth-order valence-corrected chi connectivity index (χ4v) is 2.75. The quantitative estimate of drug-likeness (QED) is 0.926. The number of carboxylic acid groups (broad SMARTS) is 1. The normalized spacial score (nSPS) is 17.6. The fourth-order valence-electron chi connectivity index (χ4n) is 2.43. The van der Waals surface area contributed by atoms with Crippen molar-refractivity contribution >= 4 is 23.5 Å². The Bertz CT molecular complexity index is 554. The first-order chi connectivity index (χ1) is 9.90. The lowest BCUT2D eigenvalue weighted by Gasteiger charge is -2.36. The number of piperazine rings is 1. The van der Waals surface area contributed by atoms with E-state index in [4.69, 9.17) is 16.7 Å². The summed E-state index contributed by atoms with van der Waals surface area (Å²) in [5.74, 6) is -0.931. The van der Waals surface area contributed by atoms with Gasteiger partial charge in [0.05, 0.1) is 10.6 Å². The summed E-state index contributed by atoms with van der Waals surface area (Å²) in [4.78, 5) is 27.0. The molecule has 1 aliphatic heterocycles. The van der Waals surface area contributed by atoms with Crippen LogP contribution in [0.2, 0.25) is 5.02 Å². The average molecular weight is 311 g/mol. The number of carbonyl (C=O) groups excluding carboxylic acids is 1. The van der Waals surface area contributed by atoms with Crippen molar-refractivity contribution in [3.05, 3.63) is 34.3 Å². The van der Waals surface area contributed by atoms with Gasteiger partial charge in [-0.3, -0.25) is 14.5 Å². The first-order valence-corrected chi connectivity index (χ1v) is 7.30. The zero-order valence-electron chi connectivity index (χ0n) is 12.2. The molecule has 2 rings (SSSR count). The van der Waals surface area contributed by atoms with Gasteiger partial charge < -0.3 is 10.0 Å². The molecule has 5 nitrogen and oxygen atoms in total. The summed E-state index contributed by atoms with van der Waals surface area (Å²) in [5.41, 5.74) is 1.51. The van der Waals surface area contributed by atoms with Gasteiger partial charge in [0, 0.05) is 26.2 Å². The molecule has 21 heavy (non-hydrogen) atoms. The van der Waals surface area contributed by atoms with Crippen molar-refractivity contribution in [2.75, 3.05) is 26.2 Å². The highest BCUT2D eigenvalue weighted by Crippen LogP contribution is 2.20. The average Bonchev–Trinajstić information content (AvgIpc) is 2.46. The molecule has 1 fully saturated rings. The van der Waals surface area contributed by atoms with E-state index in [0.29, 0.717) is 36.8 Å². The topological polar surface area (TPSA) is 60.9 Å². The number of benzene rings is 1. The van der Waals surface area contributed by atoms with Gasteiger partial charge in [0.15, 0.2) is 0 Å². The van der Waals surface area contributed by atoms with E-state index >= 15 is 0 Å². The number of carbonyl (C=O) groups is 2. The molecule has 0 saturated carbocycles. The second-order valence-electron chi connectivity index (χ2n) is 5.33. The van der Waals surface area contributed by atoms with Gasteiger partial charge in [0.2, 0.25) is 0 Å². The van der Waals surface area contributed by atoms with Crippen LogP contribution in [0.5, 0.6) is 0 Å². The van der Waals surface area contributed by atoms with Gasteiger partial charge in [-0.1, -0.05) is 17.7 Å². The summed E-state index contributed by atoms with van der Waals surface area (Å²) in [7, 11) is 0. The summed E-state index contributed by atoms with van der Waals surface area (Å²) in [5, 5.41) is 9.47. The van der Waals surface area contributed by atoms with E-state index in [-0.39, 0.29) is 5.91 Å². The summed E-state index contributed by atoms with van der Waals surface area (Å²) in [6.45, 7) is 5.73. The van der Waals surface area contributed by atoms with E-state index in [0.717, 1.165) is 5.56 Å². The number of halogens is 1. The maximum atomic E-state index is 12.4. The van der Waals surface area contributed by atoms with Gasteiger partial charge >= 0.3 is 5.97 Å². The van der Waals surface area contributed by atoms with Crippen molar-refractivity contribution < 1.29 is 14.7 Å². The molecule has 0 aliphatic carbocycles. The van der Waals surface area contributed by atoms with Crippen LogP contribution in [0.25, 0.3) is 0 Å². The number of hydrogen-bond donors (Lipinski definition) is 1. The van der Waals surface area contributed by atoms with Crippen LogP contribution in [0.4, 0.5) is 0 Å². The third-order valence-electron chi connectivity index (χ3n) is 3.86. The molecule has 6 heteroatoms. The van der Waals surface area contributed by atoms with Crippen LogP contribution >= 0.6 is 11.6 Å². The molecule has 1 atom stereocenters. The van der Waals surface area contributed by atoms with Crippen molar-refractivity contribution in [2.24, 2.45) is 0 Å². The smallest absolute Gasteiger partial charge is 0.320 e. The lowest BCUT2D eigenvalue weighted by atomic mass is 10.1. The van der Waals surface area contributed by atoms with Crippen LogP contribution in [-0.4, -0.2) is 59.0 Å². The van der Waals surface area contributed by atoms with Crippen molar-refractivity contribution in [2.45, 2.75) is 19.9 Å². The van der Waals surface area contributed by atoms with Gasteiger partial charge in [-0.05, 0) is 31.5 Å². The van der Waals surface area contributed by atoms with E-state index in [1.54, 1.807) is 24.0 Å². The summed E-state index contributed by atoms with van der Waals surface area (Å²) < 4.78 is 0. The minimum absolute atomic E-state index is 0.0948. The van der Waals surface area contributed by atoms with Gasteiger partial charge in [-0.25, -0.2) is 0 Å². The Hall–Kier alpha value is -1.59. The highest BCUT2D eigenvalue weighted by molar-refractivity contribution is 6.33. The van der Waals surface area contributed by atoms with E-state index in [1.807, 2.05) is 17.9 Å². The van der Waals surface area contributed by atoms with Crippen molar-refractivity contribution in [3.8, 4) is 0 Å². The molecule has 0 aromatic heterocycles. The SMILES string of the molecule is Cc1ccc(C(=O)N2CCN(C(C)C(=O)O)CC2)c(Cl)c1. The van der Waals surface area contributed by atoms with E-state index in [2.05, 4.69) is 0 Å². The molecule has 0 spiro atoms. The van der Waals surface area contributed by atoms with Crippen molar-refractivity contribution in [1.29, 1.82) is 0 Å². The van der Waals surface area contributed by atoms with Crippen LogP contribution in [-0.2, 0) is 4.79 Å². The molecular weight excluding hydrogens is 292 g/mol. The third-order valence-corrected chi connectivity index (χ3v) is 4.17. The molecule has 1 aliphatic rings. The van der Waals surface area contributed by atoms with Crippen LogP contribution < -0.4 is 0 Å². The predicted molar refractivity (Wildman–Crippen MR) is 80.8 cm³/mol. The predicted octanol–water partition coefficient (Wildman–Crippen LogP) is 1.88. The monoisotopic (exact) mass is 310 g/mol. The van der Waals surface area contributed by atoms with Crippen molar-refractivity contribution in [1.82, 2.24) is 9.80 Å². The number of carboxylic acids is 1. The molecule has 1 aromatic carbocycles. The molecule has 1 unspecified atom stereocenters. The van der Waals surface area contributed by atoms with E-state index in [9.17, 15) is 9.59 Å². The maximum absolute atomic E-state index is 12.4. The fraction of sp³-hybridized carbons (Fsp3) is 0.467. The second-order valence-corrected chi connectivity index (χ2v) is 5.73. The maximum Gasteiger partial charge on any atom is 0.320 e.